The molecular formula is C22H19N3O4. The number of non-ortho nitro benzene ring substituents is 1. The maximum absolute atomic E-state index is 13.4. The van der Waals surface area contributed by atoms with Crippen molar-refractivity contribution in [3.8, 4) is 5.75 Å². The van der Waals surface area contributed by atoms with Gasteiger partial charge in [-0.3, -0.25) is 19.8 Å². The Bertz CT molecular complexity index is 1070. The molecule has 1 amide bonds. The summed E-state index contributed by atoms with van der Waals surface area (Å²) in [6.45, 7) is 2.45. The lowest BCUT2D eigenvalue weighted by Gasteiger charge is -2.38. The van der Waals surface area contributed by atoms with Crippen molar-refractivity contribution in [2.75, 3.05) is 16.8 Å². The van der Waals surface area contributed by atoms with Crippen molar-refractivity contribution in [2.45, 2.75) is 13.1 Å². The molecule has 146 valence electrons. The fourth-order valence-electron chi connectivity index (χ4n) is 3.43. The van der Waals surface area contributed by atoms with Gasteiger partial charge in [-0.05, 0) is 43.3 Å². The Hall–Kier alpha value is -3.87. The normalized spacial score (nSPS) is 15.4. The van der Waals surface area contributed by atoms with Crippen molar-refractivity contribution in [1.29, 1.82) is 0 Å². The Morgan fingerprint density at radius 2 is 1.83 bits per heavy atom. The van der Waals surface area contributed by atoms with Crippen molar-refractivity contribution >= 4 is 23.0 Å². The average Bonchev–Trinajstić information content (AvgIpc) is 2.75. The van der Waals surface area contributed by atoms with Crippen LogP contribution in [0.3, 0.4) is 0 Å². The van der Waals surface area contributed by atoms with Crippen molar-refractivity contribution in [1.82, 2.24) is 0 Å². The first-order valence-corrected chi connectivity index (χ1v) is 9.25. The zero-order chi connectivity index (χ0) is 20.4. The Balaban J connectivity index is 1.81. The van der Waals surface area contributed by atoms with E-state index >= 15 is 0 Å². The topological polar surface area (TPSA) is 84.7 Å². The highest BCUT2D eigenvalue weighted by atomic mass is 16.6. The summed E-state index contributed by atoms with van der Waals surface area (Å²) in [7, 11) is 0. The van der Waals surface area contributed by atoms with Crippen LogP contribution in [-0.4, -0.2) is 17.4 Å². The SMILES string of the molecule is CCOc1ccc(N2C(=O)c3ccccc3N[C@H]2c2cccc([N+](=O)[O-])c2)cc1. The summed E-state index contributed by atoms with van der Waals surface area (Å²) in [5.41, 5.74) is 2.49. The first kappa shape index (κ1) is 18.5. The number of carbonyl (C=O) groups excluding carboxylic acids is 1. The number of anilines is 2. The molecule has 0 aliphatic carbocycles. The van der Waals surface area contributed by atoms with Crippen molar-refractivity contribution in [3.63, 3.8) is 0 Å². The molecule has 1 aliphatic rings. The minimum absolute atomic E-state index is 0.0257. The molecular weight excluding hydrogens is 370 g/mol. The predicted octanol–water partition coefficient (Wildman–Crippen LogP) is 4.76. The van der Waals surface area contributed by atoms with Gasteiger partial charge in [-0.15, -0.1) is 0 Å². The molecule has 0 spiro atoms. The quantitative estimate of drug-likeness (QED) is 0.502. The fraction of sp³-hybridized carbons (Fsp3) is 0.136. The third-order valence-corrected chi connectivity index (χ3v) is 4.75. The van der Waals surface area contributed by atoms with Gasteiger partial charge in [0, 0.05) is 29.1 Å². The second-order valence-corrected chi connectivity index (χ2v) is 6.55. The number of carbonyl (C=O) groups is 1. The maximum atomic E-state index is 13.4. The van der Waals surface area contributed by atoms with Crippen molar-refractivity contribution in [2.24, 2.45) is 0 Å². The van der Waals surface area contributed by atoms with E-state index in [-0.39, 0.29) is 11.6 Å². The smallest absolute Gasteiger partial charge is 0.269 e. The molecule has 3 aromatic carbocycles. The number of nitrogens with one attached hydrogen (secondary N) is 1. The van der Waals surface area contributed by atoms with E-state index in [0.29, 0.717) is 34.9 Å². The maximum Gasteiger partial charge on any atom is 0.269 e. The minimum atomic E-state index is -0.588. The molecule has 0 fully saturated rings. The lowest BCUT2D eigenvalue weighted by atomic mass is 10.0. The van der Waals surface area contributed by atoms with Gasteiger partial charge in [-0.1, -0.05) is 24.3 Å². The van der Waals surface area contributed by atoms with E-state index in [1.165, 1.54) is 12.1 Å². The van der Waals surface area contributed by atoms with Crippen LogP contribution in [0.15, 0.2) is 72.8 Å². The van der Waals surface area contributed by atoms with Gasteiger partial charge in [0.1, 0.15) is 11.9 Å². The van der Waals surface area contributed by atoms with Crippen molar-refractivity contribution < 1.29 is 14.5 Å². The number of para-hydroxylation sites is 1. The molecule has 3 aromatic rings. The van der Waals surface area contributed by atoms with Crippen LogP contribution in [0.5, 0.6) is 5.75 Å². The summed E-state index contributed by atoms with van der Waals surface area (Å²) in [4.78, 5) is 25.8. The molecule has 7 nitrogen and oxygen atoms in total. The van der Waals surface area contributed by atoms with Crippen LogP contribution in [0.2, 0.25) is 0 Å². The number of amides is 1. The van der Waals surface area contributed by atoms with Gasteiger partial charge in [0.2, 0.25) is 0 Å². The summed E-state index contributed by atoms with van der Waals surface area (Å²) >= 11 is 0. The lowest BCUT2D eigenvalue weighted by molar-refractivity contribution is -0.384. The first-order valence-electron chi connectivity index (χ1n) is 9.25. The van der Waals surface area contributed by atoms with E-state index in [4.69, 9.17) is 4.74 Å². The van der Waals surface area contributed by atoms with Crippen LogP contribution < -0.4 is 15.0 Å². The molecule has 0 saturated carbocycles. The monoisotopic (exact) mass is 389 g/mol. The highest BCUT2D eigenvalue weighted by molar-refractivity contribution is 6.12. The number of hydrogen-bond donors (Lipinski definition) is 1. The number of benzene rings is 3. The Labute approximate surface area is 167 Å². The summed E-state index contributed by atoms with van der Waals surface area (Å²) < 4.78 is 5.49. The first-order chi connectivity index (χ1) is 14.1. The predicted molar refractivity (Wildman–Crippen MR) is 110 cm³/mol. The standard InChI is InChI=1S/C22H19N3O4/c1-2-29-18-12-10-16(11-13-18)24-21(15-6-5-7-17(14-15)25(27)28)23-20-9-4-3-8-19(20)22(24)26/h3-14,21,23H,2H2,1H3/t21-/m1/s1. The summed E-state index contributed by atoms with van der Waals surface area (Å²) in [6, 6.07) is 20.8. The third kappa shape index (κ3) is 3.50. The zero-order valence-electron chi connectivity index (χ0n) is 15.7. The van der Waals surface area contributed by atoms with Gasteiger partial charge in [0.05, 0.1) is 17.1 Å². The van der Waals surface area contributed by atoms with E-state index < -0.39 is 11.1 Å². The number of nitro benzene ring substituents is 1. The van der Waals surface area contributed by atoms with Crippen LogP contribution in [0, 0.1) is 10.1 Å². The van der Waals surface area contributed by atoms with Crippen LogP contribution in [0.25, 0.3) is 0 Å². The van der Waals surface area contributed by atoms with Gasteiger partial charge in [0.25, 0.3) is 11.6 Å². The number of hydrogen-bond acceptors (Lipinski definition) is 5. The second kappa shape index (κ2) is 7.63. The zero-order valence-corrected chi connectivity index (χ0v) is 15.7. The molecule has 1 atom stereocenters. The number of nitro groups is 1. The molecule has 0 bridgehead atoms. The number of ether oxygens (including phenoxy) is 1. The van der Waals surface area contributed by atoms with Gasteiger partial charge in [0.15, 0.2) is 0 Å². The molecule has 1 heterocycles. The summed E-state index contributed by atoms with van der Waals surface area (Å²) in [5.74, 6) is 0.529. The molecule has 0 aromatic heterocycles. The van der Waals surface area contributed by atoms with Crippen LogP contribution in [0.1, 0.15) is 29.0 Å². The van der Waals surface area contributed by atoms with Crippen LogP contribution in [0.4, 0.5) is 17.1 Å². The Kier molecular flexibility index (Phi) is 4.87. The molecule has 4 rings (SSSR count). The molecule has 0 radical (unpaired) electrons. The summed E-state index contributed by atoms with van der Waals surface area (Å²) in [5, 5.41) is 14.6. The van der Waals surface area contributed by atoms with E-state index in [1.54, 1.807) is 35.2 Å². The van der Waals surface area contributed by atoms with Gasteiger partial charge in [-0.2, -0.15) is 0 Å². The third-order valence-electron chi connectivity index (χ3n) is 4.75. The number of rotatable bonds is 5. The highest BCUT2D eigenvalue weighted by Gasteiger charge is 2.34. The number of nitrogens with zero attached hydrogens (tertiary/aromatic N) is 2. The largest absolute Gasteiger partial charge is 0.494 e. The van der Waals surface area contributed by atoms with E-state index in [2.05, 4.69) is 5.32 Å². The summed E-state index contributed by atoms with van der Waals surface area (Å²) in [6.07, 6.45) is -0.588. The average molecular weight is 389 g/mol. The van der Waals surface area contributed by atoms with Gasteiger partial charge < -0.3 is 10.1 Å². The van der Waals surface area contributed by atoms with Crippen molar-refractivity contribution in [3.05, 3.63) is 94.0 Å². The van der Waals surface area contributed by atoms with E-state index in [1.807, 2.05) is 37.3 Å². The Morgan fingerprint density at radius 1 is 1.07 bits per heavy atom. The fourth-order valence-corrected chi connectivity index (χ4v) is 3.43. The molecule has 0 saturated heterocycles. The highest BCUT2D eigenvalue weighted by Crippen LogP contribution is 2.37. The van der Waals surface area contributed by atoms with Gasteiger partial charge in [-0.25, -0.2) is 0 Å². The second-order valence-electron chi connectivity index (χ2n) is 6.55. The molecule has 0 unspecified atom stereocenters. The van der Waals surface area contributed by atoms with Crippen LogP contribution in [-0.2, 0) is 0 Å². The van der Waals surface area contributed by atoms with Gasteiger partial charge >= 0.3 is 0 Å². The van der Waals surface area contributed by atoms with E-state index in [0.717, 1.165) is 0 Å². The number of fused-ring (bicyclic) bond motifs is 1. The molecule has 29 heavy (non-hydrogen) atoms. The molecule has 7 heteroatoms. The molecule has 1 aliphatic heterocycles. The minimum Gasteiger partial charge on any atom is -0.494 e. The molecule has 1 N–H and O–H groups in total. The lowest BCUT2D eigenvalue weighted by Crippen LogP contribution is -2.43. The van der Waals surface area contributed by atoms with E-state index in [9.17, 15) is 14.9 Å². The Morgan fingerprint density at radius 3 is 2.55 bits per heavy atom. The van der Waals surface area contributed by atoms with Crippen LogP contribution >= 0.6 is 0 Å².